The molecule has 5 heteroatoms. The SMILES string of the molecule is Cc1[nH]nc(-c2ccc3c(c2)OCCCO3)c1C=O. The fourth-order valence-electron chi connectivity index (χ4n) is 2.11. The molecule has 1 aromatic carbocycles. The van der Waals surface area contributed by atoms with E-state index in [2.05, 4.69) is 10.2 Å². The van der Waals surface area contributed by atoms with E-state index in [1.165, 1.54) is 0 Å². The first-order chi connectivity index (χ1) is 9.29. The van der Waals surface area contributed by atoms with Crippen molar-refractivity contribution in [1.29, 1.82) is 0 Å². The number of hydrogen-bond donors (Lipinski definition) is 1. The lowest BCUT2D eigenvalue weighted by Gasteiger charge is -2.08. The van der Waals surface area contributed by atoms with Crippen molar-refractivity contribution >= 4 is 6.29 Å². The summed E-state index contributed by atoms with van der Waals surface area (Å²) in [6.07, 6.45) is 1.68. The summed E-state index contributed by atoms with van der Waals surface area (Å²) in [5.41, 5.74) is 2.82. The quantitative estimate of drug-likeness (QED) is 0.840. The largest absolute Gasteiger partial charge is 0.490 e. The number of nitrogens with one attached hydrogen (secondary N) is 1. The molecule has 1 N–H and O–H groups in total. The van der Waals surface area contributed by atoms with Crippen LogP contribution in [-0.2, 0) is 0 Å². The Bertz CT molecular complexity index is 619. The highest BCUT2D eigenvalue weighted by molar-refractivity contribution is 5.87. The number of nitrogens with zero attached hydrogens (tertiary/aromatic N) is 1. The van der Waals surface area contributed by atoms with Crippen LogP contribution in [0.5, 0.6) is 11.5 Å². The van der Waals surface area contributed by atoms with E-state index in [-0.39, 0.29) is 0 Å². The number of benzene rings is 1. The molecule has 0 unspecified atom stereocenters. The molecule has 1 aliphatic rings. The number of ether oxygens (including phenoxy) is 2. The third-order valence-corrected chi connectivity index (χ3v) is 3.13. The number of aryl methyl sites for hydroxylation is 1. The average molecular weight is 258 g/mol. The minimum absolute atomic E-state index is 0.578. The predicted octanol–water partition coefficient (Wildman–Crippen LogP) is 2.36. The van der Waals surface area contributed by atoms with Gasteiger partial charge in [-0.1, -0.05) is 0 Å². The molecule has 19 heavy (non-hydrogen) atoms. The van der Waals surface area contributed by atoms with Crippen molar-refractivity contribution in [2.75, 3.05) is 13.2 Å². The first-order valence-corrected chi connectivity index (χ1v) is 6.20. The maximum Gasteiger partial charge on any atom is 0.161 e. The summed E-state index contributed by atoms with van der Waals surface area (Å²) >= 11 is 0. The maximum absolute atomic E-state index is 11.1. The highest BCUT2D eigenvalue weighted by Gasteiger charge is 2.15. The molecule has 0 amide bonds. The Hall–Kier alpha value is -2.30. The number of H-pyrrole nitrogens is 1. The molecule has 5 nitrogen and oxygen atoms in total. The first kappa shape index (κ1) is 11.8. The fraction of sp³-hybridized carbons (Fsp3) is 0.286. The monoisotopic (exact) mass is 258 g/mol. The molecule has 2 aromatic rings. The minimum Gasteiger partial charge on any atom is -0.490 e. The summed E-state index contributed by atoms with van der Waals surface area (Å²) in [5.74, 6) is 1.44. The molecule has 3 rings (SSSR count). The molecular weight excluding hydrogens is 244 g/mol. The zero-order chi connectivity index (χ0) is 13.2. The summed E-state index contributed by atoms with van der Waals surface area (Å²) in [7, 11) is 0. The molecule has 0 radical (unpaired) electrons. The van der Waals surface area contributed by atoms with Crippen LogP contribution in [0.3, 0.4) is 0 Å². The summed E-state index contributed by atoms with van der Waals surface area (Å²) < 4.78 is 11.2. The van der Waals surface area contributed by atoms with Gasteiger partial charge < -0.3 is 9.47 Å². The zero-order valence-electron chi connectivity index (χ0n) is 10.6. The third kappa shape index (κ3) is 2.07. The van der Waals surface area contributed by atoms with Crippen LogP contribution in [0.1, 0.15) is 22.5 Å². The second kappa shape index (κ2) is 4.76. The van der Waals surface area contributed by atoms with Crippen LogP contribution < -0.4 is 9.47 Å². The van der Waals surface area contributed by atoms with Gasteiger partial charge in [0, 0.05) is 17.7 Å². The first-order valence-electron chi connectivity index (χ1n) is 6.20. The molecule has 0 spiro atoms. The Balaban J connectivity index is 2.06. The van der Waals surface area contributed by atoms with Crippen molar-refractivity contribution in [3.8, 4) is 22.8 Å². The molecule has 0 aliphatic carbocycles. The second-order valence-corrected chi connectivity index (χ2v) is 4.44. The number of carbonyl (C=O) groups is 1. The van der Waals surface area contributed by atoms with Crippen LogP contribution in [0.15, 0.2) is 18.2 Å². The molecule has 1 aromatic heterocycles. The molecule has 0 saturated carbocycles. The molecule has 0 bridgehead atoms. The molecule has 0 saturated heterocycles. The van der Waals surface area contributed by atoms with Gasteiger partial charge in [-0.05, 0) is 25.1 Å². The van der Waals surface area contributed by atoms with Crippen LogP contribution in [0.2, 0.25) is 0 Å². The van der Waals surface area contributed by atoms with E-state index in [1.807, 2.05) is 25.1 Å². The lowest BCUT2D eigenvalue weighted by atomic mass is 10.1. The highest BCUT2D eigenvalue weighted by atomic mass is 16.5. The predicted molar refractivity (Wildman–Crippen MR) is 69.8 cm³/mol. The van der Waals surface area contributed by atoms with Gasteiger partial charge in [0.2, 0.25) is 0 Å². The highest BCUT2D eigenvalue weighted by Crippen LogP contribution is 2.34. The van der Waals surface area contributed by atoms with Gasteiger partial charge in [-0.15, -0.1) is 0 Å². The minimum atomic E-state index is 0.578. The third-order valence-electron chi connectivity index (χ3n) is 3.13. The van der Waals surface area contributed by atoms with E-state index in [4.69, 9.17) is 9.47 Å². The van der Waals surface area contributed by atoms with Crippen molar-refractivity contribution in [3.05, 3.63) is 29.5 Å². The van der Waals surface area contributed by atoms with Crippen molar-refractivity contribution in [1.82, 2.24) is 10.2 Å². The zero-order valence-corrected chi connectivity index (χ0v) is 10.6. The normalized spacial score (nSPS) is 13.9. The number of aromatic amines is 1. The van der Waals surface area contributed by atoms with E-state index >= 15 is 0 Å². The number of aldehydes is 1. The van der Waals surface area contributed by atoms with Crippen molar-refractivity contribution in [3.63, 3.8) is 0 Å². The summed E-state index contributed by atoms with van der Waals surface area (Å²) in [5, 5.41) is 7.00. The van der Waals surface area contributed by atoms with Gasteiger partial charge >= 0.3 is 0 Å². The average Bonchev–Trinajstić information content (AvgIpc) is 2.66. The van der Waals surface area contributed by atoms with Crippen LogP contribution in [-0.4, -0.2) is 29.7 Å². The van der Waals surface area contributed by atoms with E-state index in [9.17, 15) is 4.79 Å². The lowest BCUT2D eigenvalue weighted by Crippen LogP contribution is -1.97. The van der Waals surface area contributed by atoms with Gasteiger partial charge in [0.25, 0.3) is 0 Å². The van der Waals surface area contributed by atoms with Crippen LogP contribution >= 0.6 is 0 Å². The number of fused-ring (bicyclic) bond motifs is 1. The van der Waals surface area contributed by atoms with E-state index < -0.39 is 0 Å². The van der Waals surface area contributed by atoms with E-state index in [0.29, 0.717) is 30.2 Å². The number of rotatable bonds is 2. The van der Waals surface area contributed by atoms with Gasteiger partial charge in [0.05, 0.1) is 18.8 Å². The topological polar surface area (TPSA) is 64.2 Å². The van der Waals surface area contributed by atoms with Crippen molar-refractivity contribution in [2.24, 2.45) is 0 Å². The molecule has 1 aliphatic heterocycles. The van der Waals surface area contributed by atoms with Crippen molar-refractivity contribution < 1.29 is 14.3 Å². The summed E-state index contributed by atoms with van der Waals surface area (Å²) in [6, 6.07) is 5.61. The molecular formula is C14H14N2O3. The van der Waals surface area contributed by atoms with Crippen molar-refractivity contribution in [2.45, 2.75) is 13.3 Å². The Morgan fingerprint density at radius 1 is 1.26 bits per heavy atom. The van der Waals surface area contributed by atoms with Crippen LogP contribution in [0.25, 0.3) is 11.3 Å². The van der Waals surface area contributed by atoms with E-state index in [1.54, 1.807) is 0 Å². The Morgan fingerprint density at radius 2 is 2.05 bits per heavy atom. The molecule has 2 heterocycles. The molecule has 98 valence electrons. The number of hydrogen-bond acceptors (Lipinski definition) is 4. The van der Waals surface area contributed by atoms with Gasteiger partial charge in [0.15, 0.2) is 17.8 Å². The van der Waals surface area contributed by atoms with Gasteiger partial charge in [0.1, 0.15) is 5.69 Å². The standard InChI is InChI=1S/C14H14N2O3/c1-9-11(8-17)14(16-15-9)10-3-4-12-13(7-10)19-6-2-5-18-12/h3-4,7-8H,2,5-6H2,1H3,(H,15,16). The Labute approximate surface area is 110 Å². The van der Waals surface area contributed by atoms with Gasteiger partial charge in [-0.25, -0.2) is 0 Å². The van der Waals surface area contributed by atoms with Crippen LogP contribution in [0, 0.1) is 6.92 Å². The van der Waals surface area contributed by atoms with E-state index in [0.717, 1.165) is 29.7 Å². The maximum atomic E-state index is 11.1. The molecule has 0 fully saturated rings. The van der Waals surface area contributed by atoms with Gasteiger partial charge in [-0.2, -0.15) is 5.10 Å². The smallest absolute Gasteiger partial charge is 0.161 e. The Morgan fingerprint density at radius 3 is 2.84 bits per heavy atom. The fourth-order valence-corrected chi connectivity index (χ4v) is 2.11. The second-order valence-electron chi connectivity index (χ2n) is 4.44. The summed E-state index contributed by atoms with van der Waals surface area (Å²) in [4.78, 5) is 11.1. The van der Waals surface area contributed by atoms with Crippen LogP contribution in [0.4, 0.5) is 0 Å². The lowest BCUT2D eigenvalue weighted by molar-refractivity contribution is 0.112. The number of carbonyl (C=O) groups excluding carboxylic acids is 1. The summed E-state index contributed by atoms with van der Waals surface area (Å²) in [6.45, 7) is 3.12. The van der Waals surface area contributed by atoms with Gasteiger partial charge in [-0.3, -0.25) is 9.89 Å². The Kier molecular flexibility index (Phi) is 2.95. The molecule has 0 atom stereocenters. The number of aromatic nitrogens is 2.